The quantitative estimate of drug-likeness (QED) is 0.571. The maximum atomic E-state index is 12.1. The summed E-state index contributed by atoms with van der Waals surface area (Å²) in [6.45, 7) is 1.42. The zero-order valence-corrected chi connectivity index (χ0v) is 15.6. The number of carbonyl (C=O) groups excluding carboxylic acids is 1. The van der Waals surface area contributed by atoms with Crippen LogP contribution in [-0.2, 0) is 11.3 Å². The highest BCUT2D eigenvalue weighted by atomic mass is 35.5. The number of aryl methyl sites for hydroxylation is 1. The smallest absolute Gasteiger partial charge is 0.350 e. The zero-order chi connectivity index (χ0) is 19.1. The van der Waals surface area contributed by atoms with E-state index in [-0.39, 0.29) is 11.6 Å². The maximum Gasteiger partial charge on any atom is 0.350 e. The van der Waals surface area contributed by atoms with Crippen LogP contribution in [0, 0.1) is 0 Å². The van der Waals surface area contributed by atoms with Crippen molar-refractivity contribution < 1.29 is 9.53 Å². The molecule has 7 nitrogen and oxygen atoms in total. The van der Waals surface area contributed by atoms with Crippen LogP contribution in [0.25, 0.3) is 5.65 Å². The first-order chi connectivity index (χ1) is 13.1. The van der Waals surface area contributed by atoms with Crippen LogP contribution in [-0.4, -0.2) is 33.2 Å². The molecule has 0 atom stereocenters. The van der Waals surface area contributed by atoms with Crippen molar-refractivity contribution in [2.24, 2.45) is 0 Å². The normalized spacial score (nSPS) is 10.9. The van der Waals surface area contributed by atoms with E-state index in [1.54, 1.807) is 42.6 Å². The minimum Gasteiger partial charge on any atom is -0.494 e. The van der Waals surface area contributed by atoms with E-state index in [2.05, 4.69) is 10.4 Å². The summed E-state index contributed by atoms with van der Waals surface area (Å²) in [4.78, 5) is 24.0. The lowest BCUT2D eigenvalue weighted by molar-refractivity contribution is -0.121. The van der Waals surface area contributed by atoms with Crippen molar-refractivity contribution in [3.8, 4) is 5.75 Å². The number of nitrogens with zero attached hydrogens (tertiary/aromatic N) is 3. The molecular formula is C19H21ClN4O3. The van der Waals surface area contributed by atoms with Gasteiger partial charge in [-0.3, -0.25) is 9.20 Å². The number of fused-ring (bicyclic) bond motifs is 1. The highest BCUT2D eigenvalue weighted by molar-refractivity contribution is 6.30. The fourth-order valence-corrected chi connectivity index (χ4v) is 2.74. The summed E-state index contributed by atoms with van der Waals surface area (Å²) in [6, 6.07) is 12.5. The Labute approximate surface area is 161 Å². The van der Waals surface area contributed by atoms with Crippen molar-refractivity contribution in [2.75, 3.05) is 13.2 Å². The fourth-order valence-electron chi connectivity index (χ4n) is 2.61. The number of amides is 1. The molecule has 0 aliphatic carbocycles. The molecule has 1 N–H and O–H groups in total. The van der Waals surface area contributed by atoms with Gasteiger partial charge in [0.2, 0.25) is 5.91 Å². The second-order valence-electron chi connectivity index (χ2n) is 6.04. The monoisotopic (exact) mass is 388 g/mol. The third-order valence-corrected chi connectivity index (χ3v) is 4.24. The lowest BCUT2D eigenvalue weighted by atomic mass is 10.3. The van der Waals surface area contributed by atoms with E-state index in [4.69, 9.17) is 16.3 Å². The lowest BCUT2D eigenvalue weighted by Crippen LogP contribution is -2.27. The molecule has 2 heterocycles. The first kappa shape index (κ1) is 19.0. The highest BCUT2D eigenvalue weighted by Crippen LogP contribution is 2.15. The highest BCUT2D eigenvalue weighted by Gasteiger charge is 2.06. The van der Waals surface area contributed by atoms with Gasteiger partial charge in [0, 0.05) is 30.7 Å². The molecule has 1 amide bonds. The van der Waals surface area contributed by atoms with Crippen LogP contribution < -0.4 is 15.7 Å². The molecule has 0 bridgehead atoms. The number of aromatic nitrogens is 3. The Morgan fingerprint density at radius 2 is 1.96 bits per heavy atom. The van der Waals surface area contributed by atoms with E-state index in [1.807, 2.05) is 6.07 Å². The van der Waals surface area contributed by atoms with E-state index >= 15 is 0 Å². The second-order valence-corrected chi connectivity index (χ2v) is 6.48. The number of hydrogen-bond acceptors (Lipinski definition) is 4. The molecule has 142 valence electrons. The number of carbonyl (C=O) groups is 1. The van der Waals surface area contributed by atoms with E-state index in [0.29, 0.717) is 49.6 Å². The third kappa shape index (κ3) is 5.34. The molecule has 3 aromatic rings. The van der Waals surface area contributed by atoms with Crippen LogP contribution in [0.1, 0.15) is 19.3 Å². The van der Waals surface area contributed by atoms with Crippen molar-refractivity contribution in [3.05, 3.63) is 64.2 Å². The standard InChI is InChI=1S/C19H21ClN4O3/c20-15-7-9-16(10-8-15)27-14-3-6-18(25)21-11-4-13-24-19(26)23-12-2-1-5-17(23)22-24/h1-2,5,7-10,12H,3-4,6,11,13-14H2,(H,21,25). The van der Waals surface area contributed by atoms with Crippen LogP contribution in [0.15, 0.2) is 53.5 Å². The number of nitrogens with one attached hydrogen (secondary N) is 1. The molecule has 1 aromatic carbocycles. The van der Waals surface area contributed by atoms with Gasteiger partial charge in [-0.2, -0.15) is 0 Å². The summed E-state index contributed by atoms with van der Waals surface area (Å²) >= 11 is 5.81. The summed E-state index contributed by atoms with van der Waals surface area (Å²) in [7, 11) is 0. The van der Waals surface area contributed by atoms with Crippen molar-refractivity contribution in [2.45, 2.75) is 25.8 Å². The summed E-state index contributed by atoms with van der Waals surface area (Å²) in [5.41, 5.74) is 0.448. The molecule has 0 spiro atoms. The van der Waals surface area contributed by atoms with E-state index in [1.165, 1.54) is 9.08 Å². The molecule has 0 radical (unpaired) electrons. The molecular weight excluding hydrogens is 368 g/mol. The molecule has 0 saturated heterocycles. The molecule has 2 aromatic heterocycles. The molecule has 0 fully saturated rings. The van der Waals surface area contributed by atoms with Crippen molar-refractivity contribution in [1.82, 2.24) is 19.5 Å². The molecule has 0 unspecified atom stereocenters. The topological polar surface area (TPSA) is 77.6 Å². The average molecular weight is 389 g/mol. The molecule has 27 heavy (non-hydrogen) atoms. The molecule has 0 aliphatic heterocycles. The lowest BCUT2D eigenvalue weighted by Gasteiger charge is -2.07. The van der Waals surface area contributed by atoms with Gasteiger partial charge in [-0.1, -0.05) is 17.7 Å². The van der Waals surface area contributed by atoms with Crippen LogP contribution in [0.5, 0.6) is 5.75 Å². The van der Waals surface area contributed by atoms with Gasteiger partial charge in [0.25, 0.3) is 0 Å². The van der Waals surface area contributed by atoms with E-state index in [9.17, 15) is 9.59 Å². The number of benzene rings is 1. The van der Waals surface area contributed by atoms with Gasteiger partial charge in [-0.05, 0) is 49.2 Å². The maximum absolute atomic E-state index is 12.1. The van der Waals surface area contributed by atoms with E-state index < -0.39 is 0 Å². The largest absolute Gasteiger partial charge is 0.494 e. The predicted molar refractivity (Wildman–Crippen MR) is 103 cm³/mol. The Morgan fingerprint density at radius 1 is 1.15 bits per heavy atom. The van der Waals surface area contributed by atoms with Crippen LogP contribution >= 0.6 is 11.6 Å². The summed E-state index contributed by atoms with van der Waals surface area (Å²) in [5, 5.41) is 7.76. The SMILES string of the molecule is O=C(CCCOc1ccc(Cl)cc1)NCCCn1nc2ccccn2c1=O. The number of halogens is 1. The van der Waals surface area contributed by atoms with Gasteiger partial charge in [-0.15, -0.1) is 5.10 Å². The predicted octanol–water partition coefficient (Wildman–Crippen LogP) is 2.51. The van der Waals surface area contributed by atoms with Gasteiger partial charge < -0.3 is 10.1 Å². The molecule has 0 aliphatic rings. The fraction of sp³-hybridized carbons (Fsp3) is 0.316. The third-order valence-electron chi connectivity index (χ3n) is 3.99. The molecule has 3 rings (SSSR count). The first-order valence-corrected chi connectivity index (χ1v) is 9.20. The Bertz CT molecular complexity index is 949. The Morgan fingerprint density at radius 3 is 2.74 bits per heavy atom. The number of hydrogen-bond donors (Lipinski definition) is 1. The summed E-state index contributed by atoms with van der Waals surface area (Å²) in [6.07, 6.45) is 3.34. The van der Waals surface area contributed by atoms with Crippen LogP contribution in [0.4, 0.5) is 0 Å². The Kier molecular flexibility index (Phi) is 6.49. The van der Waals surface area contributed by atoms with Gasteiger partial charge in [-0.25, -0.2) is 9.48 Å². The van der Waals surface area contributed by atoms with Crippen LogP contribution in [0.2, 0.25) is 5.02 Å². The van der Waals surface area contributed by atoms with Crippen LogP contribution in [0.3, 0.4) is 0 Å². The van der Waals surface area contributed by atoms with Gasteiger partial charge >= 0.3 is 5.69 Å². The van der Waals surface area contributed by atoms with Gasteiger partial charge in [0.15, 0.2) is 5.65 Å². The number of rotatable bonds is 9. The summed E-state index contributed by atoms with van der Waals surface area (Å²) in [5.74, 6) is 0.703. The first-order valence-electron chi connectivity index (χ1n) is 8.83. The summed E-state index contributed by atoms with van der Waals surface area (Å²) < 4.78 is 8.47. The minimum absolute atomic E-state index is 0.0305. The van der Waals surface area contributed by atoms with Crippen molar-refractivity contribution >= 4 is 23.2 Å². The number of pyridine rings is 1. The Hall–Kier alpha value is -2.80. The van der Waals surface area contributed by atoms with Crippen molar-refractivity contribution in [1.29, 1.82) is 0 Å². The second kappa shape index (κ2) is 9.23. The van der Waals surface area contributed by atoms with Crippen molar-refractivity contribution in [3.63, 3.8) is 0 Å². The Balaban J connectivity index is 1.31. The molecule has 8 heteroatoms. The van der Waals surface area contributed by atoms with Gasteiger partial charge in [0.05, 0.1) is 6.61 Å². The molecule has 0 saturated carbocycles. The minimum atomic E-state index is -0.170. The van der Waals surface area contributed by atoms with Gasteiger partial charge in [0.1, 0.15) is 5.75 Å². The number of ether oxygens (including phenoxy) is 1. The average Bonchev–Trinajstić information content (AvgIpc) is 3.00. The zero-order valence-electron chi connectivity index (χ0n) is 14.8. The van der Waals surface area contributed by atoms with E-state index in [0.717, 1.165) is 5.75 Å².